The first-order valence-corrected chi connectivity index (χ1v) is 8.66. The van der Waals surface area contributed by atoms with Crippen molar-refractivity contribution in [1.29, 1.82) is 0 Å². The normalized spacial score (nSPS) is 25.4. The summed E-state index contributed by atoms with van der Waals surface area (Å²) in [5.41, 5.74) is 8.17. The van der Waals surface area contributed by atoms with Crippen LogP contribution in [0.5, 0.6) is 0 Å². The van der Waals surface area contributed by atoms with E-state index < -0.39 is 0 Å². The van der Waals surface area contributed by atoms with Crippen LogP contribution in [0.25, 0.3) is 0 Å². The van der Waals surface area contributed by atoms with Gasteiger partial charge < -0.3 is 15.8 Å². The predicted octanol–water partition coefficient (Wildman–Crippen LogP) is 1.97. The van der Waals surface area contributed by atoms with Gasteiger partial charge in [-0.1, -0.05) is 24.6 Å². The summed E-state index contributed by atoms with van der Waals surface area (Å²) in [5.74, 6) is 0.420. The lowest BCUT2D eigenvalue weighted by Crippen LogP contribution is -2.36. The monoisotopic (exact) mass is 317 g/mol. The number of hydrogen-bond acceptors (Lipinski definition) is 4. The summed E-state index contributed by atoms with van der Waals surface area (Å²) >= 11 is 0. The van der Waals surface area contributed by atoms with Gasteiger partial charge in [0, 0.05) is 37.8 Å². The van der Waals surface area contributed by atoms with Crippen LogP contribution in [0.1, 0.15) is 31.2 Å². The van der Waals surface area contributed by atoms with Gasteiger partial charge in [0.1, 0.15) is 0 Å². The van der Waals surface area contributed by atoms with Crippen molar-refractivity contribution in [3.05, 3.63) is 29.8 Å². The molecule has 5 nitrogen and oxygen atoms in total. The molecule has 0 bridgehead atoms. The van der Waals surface area contributed by atoms with Crippen LogP contribution in [-0.2, 0) is 16.1 Å². The molecular weight excluding hydrogens is 290 g/mol. The molecule has 1 aromatic carbocycles. The Kier molecular flexibility index (Phi) is 5.65. The van der Waals surface area contributed by atoms with Gasteiger partial charge in [0.15, 0.2) is 0 Å². The topological polar surface area (TPSA) is 67.6 Å². The van der Waals surface area contributed by atoms with Crippen molar-refractivity contribution in [2.24, 2.45) is 11.7 Å². The summed E-state index contributed by atoms with van der Waals surface area (Å²) in [6.45, 7) is 4.31. The fourth-order valence-electron chi connectivity index (χ4n) is 3.54. The number of carbonyl (C=O) groups is 1. The molecule has 1 saturated heterocycles. The number of amides is 1. The molecule has 1 saturated carbocycles. The van der Waals surface area contributed by atoms with Gasteiger partial charge in [0.05, 0.1) is 13.2 Å². The minimum absolute atomic E-state index is 0.0850. The van der Waals surface area contributed by atoms with Gasteiger partial charge in [-0.05, 0) is 30.4 Å². The second kappa shape index (κ2) is 7.90. The lowest BCUT2D eigenvalue weighted by molar-refractivity contribution is -0.117. The summed E-state index contributed by atoms with van der Waals surface area (Å²) in [7, 11) is 0. The van der Waals surface area contributed by atoms with Gasteiger partial charge in [0.2, 0.25) is 5.91 Å². The number of carbonyl (C=O) groups excluding carboxylic acids is 1. The van der Waals surface area contributed by atoms with Crippen LogP contribution >= 0.6 is 0 Å². The first-order valence-electron chi connectivity index (χ1n) is 8.66. The maximum absolute atomic E-state index is 12.4. The highest BCUT2D eigenvalue weighted by molar-refractivity contribution is 5.91. The first kappa shape index (κ1) is 16.4. The Labute approximate surface area is 138 Å². The third-order valence-electron chi connectivity index (χ3n) is 4.95. The molecule has 1 aromatic rings. The molecule has 0 unspecified atom stereocenters. The van der Waals surface area contributed by atoms with Crippen LogP contribution in [0.3, 0.4) is 0 Å². The lowest BCUT2D eigenvalue weighted by Gasteiger charge is -2.27. The molecule has 1 aliphatic heterocycles. The summed E-state index contributed by atoms with van der Waals surface area (Å²) in [4.78, 5) is 14.7. The Morgan fingerprint density at radius 1 is 1.26 bits per heavy atom. The maximum atomic E-state index is 12.4. The number of anilines is 1. The zero-order valence-electron chi connectivity index (χ0n) is 13.7. The third-order valence-corrected chi connectivity index (χ3v) is 4.95. The van der Waals surface area contributed by atoms with E-state index in [9.17, 15) is 4.79 Å². The number of hydrogen-bond donors (Lipinski definition) is 2. The van der Waals surface area contributed by atoms with Crippen LogP contribution < -0.4 is 11.1 Å². The highest BCUT2D eigenvalue weighted by atomic mass is 16.5. The fraction of sp³-hybridized carbons (Fsp3) is 0.611. The third kappa shape index (κ3) is 4.53. The van der Waals surface area contributed by atoms with Crippen LogP contribution in [0.2, 0.25) is 0 Å². The number of ether oxygens (including phenoxy) is 1. The summed E-state index contributed by atoms with van der Waals surface area (Å²) in [6, 6.07) is 8.26. The number of morpholine rings is 1. The Morgan fingerprint density at radius 2 is 2.04 bits per heavy atom. The van der Waals surface area contributed by atoms with Crippen LogP contribution in [0, 0.1) is 5.92 Å². The second-order valence-electron chi connectivity index (χ2n) is 6.65. The largest absolute Gasteiger partial charge is 0.379 e. The van der Waals surface area contributed by atoms with Crippen LogP contribution in [-0.4, -0.2) is 43.2 Å². The van der Waals surface area contributed by atoms with Crippen molar-refractivity contribution in [3.63, 3.8) is 0 Å². The van der Waals surface area contributed by atoms with E-state index in [1.807, 2.05) is 18.2 Å². The highest BCUT2D eigenvalue weighted by Crippen LogP contribution is 2.27. The summed E-state index contributed by atoms with van der Waals surface area (Å²) in [6.07, 6.45) is 3.80. The average Bonchev–Trinajstić information content (AvgIpc) is 2.95. The minimum Gasteiger partial charge on any atom is -0.379 e. The fourth-order valence-corrected chi connectivity index (χ4v) is 3.54. The molecule has 2 fully saturated rings. The van der Waals surface area contributed by atoms with Gasteiger partial charge in [0.25, 0.3) is 0 Å². The number of nitrogens with one attached hydrogen (secondary N) is 1. The van der Waals surface area contributed by atoms with E-state index in [2.05, 4.69) is 16.3 Å². The zero-order valence-corrected chi connectivity index (χ0v) is 13.7. The molecule has 2 aliphatic rings. The standard InChI is InChI=1S/C18H27N3O2/c19-16-6-3-5-14(16)12-18(22)20-17-7-2-1-4-15(17)13-21-8-10-23-11-9-21/h1-2,4,7,14,16H,3,5-6,8-13,19H2,(H,20,22)/t14-,16+/m0/s1. The Morgan fingerprint density at radius 3 is 2.78 bits per heavy atom. The molecule has 23 heavy (non-hydrogen) atoms. The molecule has 1 aliphatic carbocycles. The SMILES string of the molecule is N[C@@H]1CCC[C@H]1CC(=O)Nc1ccccc1CN1CCOCC1. The zero-order chi connectivity index (χ0) is 16.1. The van der Waals surface area contributed by atoms with Crippen molar-refractivity contribution in [2.75, 3.05) is 31.6 Å². The van der Waals surface area contributed by atoms with Crippen molar-refractivity contribution in [3.8, 4) is 0 Å². The maximum Gasteiger partial charge on any atom is 0.224 e. The molecule has 0 radical (unpaired) electrons. The molecule has 0 aromatic heterocycles. The van der Waals surface area contributed by atoms with Gasteiger partial charge in [-0.2, -0.15) is 0 Å². The number of rotatable bonds is 5. The molecule has 1 amide bonds. The van der Waals surface area contributed by atoms with Crippen molar-refractivity contribution < 1.29 is 9.53 Å². The smallest absolute Gasteiger partial charge is 0.224 e. The number of nitrogens with zero attached hydrogens (tertiary/aromatic N) is 1. The Bertz CT molecular complexity index is 529. The predicted molar refractivity (Wildman–Crippen MR) is 91.1 cm³/mol. The molecule has 3 N–H and O–H groups in total. The quantitative estimate of drug-likeness (QED) is 0.871. The highest BCUT2D eigenvalue weighted by Gasteiger charge is 2.26. The van der Waals surface area contributed by atoms with E-state index in [0.717, 1.165) is 57.8 Å². The second-order valence-corrected chi connectivity index (χ2v) is 6.65. The van der Waals surface area contributed by atoms with E-state index in [4.69, 9.17) is 10.5 Å². The van der Waals surface area contributed by atoms with E-state index in [0.29, 0.717) is 12.3 Å². The van der Waals surface area contributed by atoms with Gasteiger partial charge in [-0.15, -0.1) is 0 Å². The Hall–Kier alpha value is -1.43. The molecule has 5 heteroatoms. The van der Waals surface area contributed by atoms with Gasteiger partial charge in [-0.25, -0.2) is 0 Å². The van der Waals surface area contributed by atoms with Gasteiger partial charge in [-0.3, -0.25) is 9.69 Å². The molecule has 1 heterocycles. The summed E-state index contributed by atoms with van der Waals surface area (Å²) < 4.78 is 5.39. The lowest BCUT2D eigenvalue weighted by atomic mass is 9.99. The molecule has 0 spiro atoms. The van der Waals surface area contributed by atoms with Crippen molar-refractivity contribution >= 4 is 11.6 Å². The van der Waals surface area contributed by atoms with E-state index in [1.165, 1.54) is 5.56 Å². The van der Waals surface area contributed by atoms with Crippen LogP contribution in [0.4, 0.5) is 5.69 Å². The van der Waals surface area contributed by atoms with Crippen molar-refractivity contribution in [2.45, 2.75) is 38.3 Å². The van der Waals surface area contributed by atoms with Crippen molar-refractivity contribution in [1.82, 2.24) is 4.90 Å². The minimum atomic E-state index is 0.0850. The molecule has 3 rings (SSSR count). The number of nitrogens with two attached hydrogens (primary N) is 1. The van der Waals surface area contributed by atoms with E-state index in [-0.39, 0.29) is 11.9 Å². The molecule has 2 atom stereocenters. The summed E-state index contributed by atoms with van der Waals surface area (Å²) in [5, 5.41) is 3.10. The molecule has 126 valence electrons. The van der Waals surface area contributed by atoms with E-state index >= 15 is 0 Å². The first-order chi connectivity index (χ1) is 11.2. The average molecular weight is 317 g/mol. The molecular formula is C18H27N3O2. The van der Waals surface area contributed by atoms with Gasteiger partial charge >= 0.3 is 0 Å². The number of para-hydroxylation sites is 1. The Balaban J connectivity index is 1.59. The van der Waals surface area contributed by atoms with Crippen LogP contribution in [0.15, 0.2) is 24.3 Å². The van der Waals surface area contributed by atoms with E-state index in [1.54, 1.807) is 0 Å². The number of benzene rings is 1.